The maximum atomic E-state index is 11.4. The zero-order valence-electron chi connectivity index (χ0n) is 25.0. The molecule has 0 fully saturated rings. The molecule has 8 nitrogen and oxygen atoms in total. The number of nitrogens with zero attached hydrogens (tertiary/aromatic N) is 1. The van der Waals surface area contributed by atoms with Crippen LogP contribution in [0.4, 0.5) is 0 Å². The number of aromatic amines is 1. The van der Waals surface area contributed by atoms with E-state index in [2.05, 4.69) is 56.2 Å². The van der Waals surface area contributed by atoms with Crippen molar-refractivity contribution in [2.24, 2.45) is 4.99 Å². The van der Waals surface area contributed by atoms with Gasteiger partial charge in [-0.2, -0.15) is 0 Å². The van der Waals surface area contributed by atoms with Gasteiger partial charge < -0.3 is 28.7 Å². The van der Waals surface area contributed by atoms with E-state index in [4.69, 9.17) is 23.7 Å². The lowest BCUT2D eigenvalue weighted by Crippen LogP contribution is -2.11. The Bertz CT molecular complexity index is 1710. The summed E-state index contributed by atoms with van der Waals surface area (Å²) in [5.74, 6) is 3.25. The first-order valence-corrected chi connectivity index (χ1v) is 14.8. The molecule has 1 aliphatic carbocycles. The predicted octanol–water partition coefficient (Wildman–Crippen LogP) is 7.63. The van der Waals surface area contributed by atoms with Gasteiger partial charge in [-0.1, -0.05) is 28.1 Å². The summed E-state index contributed by atoms with van der Waals surface area (Å²) in [4.78, 5) is 19.1. The highest BCUT2D eigenvalue weighted by Crippen LogP contribution is 2.39. The molecule has 0 amide bonds. The van der Waals surface area contributed by atoms with Crippen molar-refractivity contribution in [3.8, 4) is 23.0 Å². The first-order valence-electron chi connectivity index (χ1n) is 14.1. The van der Waals surface area contributed by atoms with E-state index in [9.17, 15) is 4.79 Å². The standard InChI is InChI=1S/C21H22BrNO2.C13H13NO4/c1-24-19-9-6-13(11-20(19)25-2)10-14-4-3-5-16-17-12-15(22)7-8-18(17)23-21(14)16;1-8-14-10(13(15)18-8)6-9-4-5-11(16-2)12(7-9)17-3/h6-9,11-12,14,23H,3-5,10H2,1-2H3;4-7H,1-3H3/b;10-6-. The van der Waals surface area contributed by atoms with Crippen LogP contribution in [0, 0.1) is 0 Å². The zero-order valence-corrected chi connectivity index (χ0v) is 26.5. The minimum Gasteiger partial charge on any atom is -0.493 e. The molecule has 4 aromatic rings. The van der Waals surface area contributed by atoms with Crippen molar-refractivity contribution in [1.29, 1.82) is 0 Å². The van der Waals surface area contributed by atoms with Gasteiger partial charge in [0.2, 0.25) is 0 Å². The minimum atomic E-state index is -0.442. The van der Waals surface area contributed by atoms with Gasteiger partial charge in [-0.05, 0) is 90.9 Å². The number of aromatic nitrogens is 1. The topological polar surface area (TPSA) is 91.4 Å². The molecule has 0 bridgehead atoms. The molecule has 0 radical (unpaired) electrons. The summed E-state index contributed by atoms with van der Waals surface area (Å²) in [7, 11) is 6.49. The molecule has 43 heavy (non-hydrogen) atoms. The number of fused-ring (bicyclic) bond motifs is 3. The fraction of sp³-hybridized carbons (Fsp3) is 0.294. The third-order valence-electron chi connectivity index (χ3n) is 7.66. The van der Waals surface area contributed by atoms with Gasteiger partial charge in [0, 0.05) is 33.9 Å². The van der Waals surface area contributed by atoms with Crippen molar-refractivity contribution in [2.45, 2.75) is 38.5 Å². The highest BCUT2D eigenvalue weighted by atomic mass is 79.9. The molecular weight excluding hydrogens is 612 g/mol. The number of carbonyl (C=O) groups excluding carboxylic acids is 1. The normalized spacial score (nSPS) is 16.6. The van der Waals surface area contributed by atoms with E-state index in [-0.39, 0.29) is 5.70 Å². The number of hydrogen-bond acceptors (Lipinski definition) is 7. The van der Waals surface area contributed by atoms with Gasteiger partial charge >= 0.3 is 5.97 Å². The second kappa shape index (κ2) is 13.4. The lowest BCUT2D eigenvalue weighted by atomic mass is 9.83. The largest absolute Gasteiger partial charge is 0.493 e. The lowest BCUT2D eigenvalue weighted by molar-refractivity contribution is -0.130. The summed E-state index contributed by atoms with van der Waals surface area (Å²) < 4.78 is 27.1. The average Bonchev–Trinajstić information content (AvgIpc) is 3.55. The van der Waals surface area contributed by atoms with E-state index >= 15 is 0 Å². The van der Waals surface area contributed by atoms with Crippen LogP contribution in [-0.4, -0.2) is 45.3 Å². The van der Waals surface area contributed by atoms with Crippen LogP contribution in [0.5, 0.6) is 23.0 Å². The lowest BCUT2D eigenvalue weighted by Gasteiger charge is -2.23. The SMILES string of the molecule is COc1ccc(/C=C2\N=C(C)OC2=O)cc1OC.COc1ccc(CC2CCCc3c2[nH]c2ccc(Br)cc32)cc1OC. The highest BCUT2D eigenvalue weighted by Gasteiger charge is 2.25. The molecule has 1 unspecified atom stereocenters. The Kier molecular flexibility index (Phi) is 9.40. The Morgan fingerprint density at radius 3 is 2.30 bits per heavy atom. The summed E-state index contributed by atoms with van der Waals surface area (Å²) in [6.45, 7) is 1.63. The predicted molar refractivity (Wildman–Crippen MR) is 172 cm³/mol. The number of methoxy groups -OCH3 is 4. The van der Waals surface area contributed by atoms with Crippen LogP contribution < -0.4 is 18.9 Å². The maximum absolute atomic E-state index is 11.4. The van der Waals surface area contributed by atoms with Crippen molar-refractivity contribution in [3.05, 3.63) is 87.2 Å². The third kappa shape index (κ3) is 6.72. The second-order valence-electron chi connectivity index (χ2n) is 10.4. The second-order valence-corrected chi connectivity index (χ2v) is 11.3. The van der Waals surface area contributed by atoms with Crippen LogP contribution in [0.3, 0.4) is 0 Å². The molecule has 1 aromatic heterocycles. The Balaban J connectivity index is 0.000000181. The van der Waals surface area contributed by atoms with Gasteiger partial charge in [0.15, 0.2) is 34.6 Å². The molecule has 1 aliphatic heterocycles. The molecule has 6 rings (SSSR count). The van der Waals surface area contributed by atoms with E-state index in [1.807, 2.05) is 12.1 Å². The van der Waals surface area contributed by atoms with E-state index in [1.165, 1.54) is 40.6 Å². The fourth-order valence-corrected chi connectivity index (χ4v) is 6.00. The van der Waals surface area contributed by atoms with Gasteiger partial charge in [-0.3, -0.25) is 0 Å². The number of ether oxygens (including phenoxy) is 5. The van der Waals surface area contributed by atoms with Gasteiger partial charge in [-0.25, -0.2) is 9.79 Å². The van der Waals surface area contributed by atoms with Crippen LogP contribution >= 0.6 is 15.9 Å². The fourth-order valence-electron chi connectivity index (χ4n) is 5.64. The summed E-state index contributed by atoms with van der Waals surface area (Å²) in [5, 5.41) is 1.36. The molecule has 1 atom stereocenters. The highest BCUT2D eigenvalue weighted by molar-refractivity contribution is 9.10. The zero-order chi connectivity index (χ0) is 30.5. The smallest absolute Gasteiger partial charge is 0.363 e. The van der Waals surface area contributed by atoms with E-state index < -0.39 is 5.97 Å². The molecule has 0 spiro atoms. The van der Waals surface area contributed by atoms with Gasteiger partial charge in [0.25, 0.3) is 0 Å². The van der Waals surface area contributed by atoms with Crippen LogP contribution in [0.2, 0.25) is 0 Å². The number of carbonyl (C=O) groups is 1. The van der Waals surface area contributed by atoms with Crippen molar-refractivity contribution in [3.63, 3.8) is 0 Å². The maximum Gasteiger partial charge on any atom is 0.363 e. The molecule has 9 heteroatoms. The molecule has 0 saturated heterocycles. The first kappa shape index (κ1) is 30.2. The molecular formula is C34H35BrN2O6. The Morgan fingerprint density at radius 1 is 0.930 bits per heavy atom. The van der Waals surface area contributed by atoms with Gasteiger partial charge in [-0.15, -0.1) is 0 Å². The molecule has 1 N–H and O–H groups in total. The van der Waals surface area contributed by atoms with Crippen molar-refractivity contribution in [2.75, 3.05) is 28.4 Å². The van der Waals surface area contributed by atoms with Crippen molar-refractivity contribution < 1.29 is 28.5 Å². The van der Waals surface area contributed by atoms with Crippen LogP contribution in [0.15, 0.2) is 69.8 Å². The van der Waals surface area contributed by atoms with Gasteiger partial charge in [0.1, 0.15) is 0 Å². The summed E-state index contributed by atoms with van der Waals surface area (Å²) in [6, 6.07) is 18.1. The van der Waals surface area contributed by atoms with E-state index in [1.54, 1.807) is 53.6 Å². The summed E-state index contributed by atoms with van der Waals surface area (Å²) in [6.07, 6.45) is 6.27. The quantitative estimate of drug-likeness (QED) is 0.164. The molecule has 3 aromatic carbocycles. The number of benzene rings is 3. The number of nitrogens with one attached hydrogen (secondary N) is 1. The molecule has 2 aliphatic rings. The third-order valence-corrected chi connectivity index (χ3v) is 8.15. The Hall–Kier alpha value is -4.24. The van der Waals surface area contributed by atoms with Crippen LogP contribution in [0.25, 0.3) is 17.0 Å². The number of H-pyrrole nitrogens is 1. The van der Waals surface area contributed by atoms with E-state index in [0.29, 0.717) is 23.3 Å². The van der Waals surface area contributed by atoms with Crippen molar-refractivity contribution in [1.82, 2.24) is 4.98 Å². The monoisotopic (exact) mass is 646 g/mol. The number of esters is 1. The number of hydrogen-bond donors (Lipinski definition) is 1. The number of rotatable bonds is 7. The van der Waals surface area contributed by atoms with Crippen molar-refractivity contribution >= 4 is 44.8 Å². The number of halogens is 1. The summed E-state index contributed by atoms with van der Waals surface area (Å²) in [5.41, 5.74) is 6.50. The van der Waals surface area contributed by atoms with Gasteiger partial charge in [0.05, 0.1) is 28.4 Å². The molecule has 0 saturated carbocycles. The summed E-state index contributed by atoms with van der Waals surface area (Å²) >= 11 is 3.60. The number of cyclic esters (lactones) is 1. The Morgan fingerprint density at radius 2 is 1.63 bits per heavy atom. The molecule has 224 valence electrons. The Labute approximate surface area is 259 Å². The minimum absolute atomic E-state index is 0.278. The molecule has 2 heterocycles. The number of aliphatic imine (C=N–C) groups is 1. The van der Waals surface area contributed by atoms with Crippen LogP contribution in [-0.2, 0) is 22.4 Å². The average molecular weight is 648 g/mol. The number of aryl methyl sites for hydroxylation is 1. The van der Waals surface area contributed by atoms with E-state index in [0.717, 1.165) is 34.4 Å². The first-order chi connectivity index (χ1) is 20.8. The van der Waals surface area contributed by atoms with Crippen LogP contribution in [0.1, 0.15) is 48.1 Å².